The van der Waals surface area contributed by atoms with Crippen LogP contribution >= 0.6 is 0 Å². The number of hydrogen-bond acceptors (Lipinski definition) is 1. The zero-order valence-corrected chi connectivity index (χ0v) is 17.4. The van der Waals surface area contributed by atoms with Crippen molar-refractivity contribution in [3.05, 3.63) is 26.1 Å². The van der Waals surface area contributed by atoms with Crippen LogP contribution in [0.15, 0.2) is 12.2 Å². The average molecular weight is 371 g/mol. The van der Waals surface area contributed by atoms with E-state index < -0.39 is 0 Å². The maximum Gasteiger partial charge on any atom is 4.00 e. The summed E-state index contributed by atoms with van der Waals surface area (Å²) in [5, 5.41) is 0. The fraction of sp³-hybridized carbons (Fsp3) is 0.789. The monoisotopic (exact) mass is 369 g/mol. The smallest absolute Gasteiger partial charge is 0.457 e. The molecule has 0 atom stereocenters. The van der Waals surface area contributed by atoms with Crippen LogP contribution in [0.2, 0.25) is 0 Å². The van der Waals surface area contributed by atoms with Crippen molar-refractivity contribution in [3.63, 3.8) is 0 Å². The fourth-order valence-corrected chi connectivity index (χ4v) is 2.83. The molecule has 0 N–H and O–H groups in total. The Bertz CT molecular complexity index is 224. The van der Waals surface area contributed by atoms with Crippen LogP contribution in [0.25, 0.3) is 0 Å². The average Bonchev–Trinajstić information content (AvgIpc) is 3.13. The van der Waals surface area contributed by atoms with Gasteiger partial charge in [-0.1, -0.05) is 44.9 Å². The molecule has 2 fully saturated rings. The minimum absolute atomic E-state index is 0. The molecule has 2 aliphatic rings. The van der Waals surface area contributed by atoms with Crippen molar-refractivity contribution in [2.24, 2.45) is 5.92 Å². The predicted molar refractivity (Wildman–Crippen MR) is 92.4 cm³/mol. The molecule has 1 nitrogen and oxygen atoms in total. The molecule has 120 valence electrons. The first-order valence-corrected chi connectivity index (χ1v) is 8.41. The van der Waals surface area contributed by atoms with E-state index in [0.29, 0.717) is 5.54 Å². The van der Waals surface area contributed by atoms with Crippen molar-refractivity contribution < 1.29 is 26.2 Å². The molecule has 0 amide bonds. The molecule has 0 aromatic heterocycles. The standard InChI is InChI=1S/C10H20N.C5H10.C4H7.Zr/c1-10(2,11(3)4)9-7-5-6-8-9;1-2-4-5-3-1;1-3-4-2;/h9H,3,5-8H2,1-2,4H3;1-5H2;3-4H,1H2,2H3;/q-1;;-1;+4/b;;4-3+;. The van der Waals surface area contributed by atoms with Crippen LogP contribution in [0, 0.1) is 19.9 Å². The molecule has 2 rings (SSSR count). The molecule has 0 bridgehead atoms. The summed E-state index contributed by atoms with van der Waals surface area (Å²) in [6, 6.07) is 0. The van der Waals surface area contributed by atoms with Gasteiger partial charge in [0, 0.05) is 0 Å². The Hall–Kier alpha value is 0.453. The number of rotatable bonds is 2. The van der Waals surface area contributed by atoms with Gasteiger partial charge in [0.25, 0.3) is 0 Å². The minimum Gasteiger partial charge on any atom is -0.457 e. The van der Waals surface area contributed by atoms with Gasteiger partial charge in [-0.05, 0) is 45.2 Å². The van der Waals surface area contributed by atoms with Crippen LogP contribution in [0.3, 0.4) is 0 Å². The first-order valence-electron chi connectivity index (χ1n) is 8.41. The molecular weight excluding hydrogens is 333 g/mol. The van der Waals surface area contributed by atoms with Crippen LogP contribution in [-0.4, -0.2) is 17.5 Å². The van der Waals surface area contributed by atoms with Crippen molar-refractivity contribution in [1.82, 2.24) is 4.90 Å². The molecule has 0 radical (unpaired) electrons. The van der Waals surface area contributed by atoms with Gasteiger partial charge in [0.15, 0.2) is 0 Å². The third-order valence-corrected chi connectivity index (χ3v) is 4.82. The Balaban J connectivity index is 0. The summed E-state index contributed by atoms with van der Waals surface area (Å²) in [4.78, 5) is 2.11. The second-order valence-electron chi connectivity index (χ2n) is 6.67. The number of nitrogens with zero attached hydrogens (tertiary/aromatic N) is 1. The molecule has 0 heterocycles. The van der Waals surface area contributed by atoms with Gasteiger partial charge in [-0.15, -0.1) is 6.92 Å². The Morgan fingerprint density at radius 2 is 1.29 bits per heavy atom. The van der Waals surface area contributed by atoms with Crippen molar-refractivity contribution in [1.29, 1.82) is 0 Å². The van der Waals surface area contributed by atoms with E-state index in [9.17, 15) is 0 Å². The van der Waals surface area contributed by atoms with Crippen LogP contribution in [0.1, 0.15) is 78.6 Å². The normalized spacial score (nSPS) is 18.8. The van der Waals surface area contributed by atoms with Gasteiger partial charge in [0.2, 0.25) is 0 Å². The van der Waals surface area contributed by atoms with Crippen LogP contribution < -0.4 is 0 Å². The summed E-state index contributed by atoms with van der Waals surface area (Å²) in [6.07, 6.45) is 16.8. The molecule has 0 saturated heterocycles. The second-order valence-corrected chi connectivity index (χ2v) is 6.67. The summed E-state index contributed by atoms with van der Waals surface area (Å²) >= 11 is 0. The molecule has 0 spiro atoms. The van der Waals surface area contributed by atoms with Gasteiger partial charge in [0.05, 0.1) is 0 Å². The summed E-state index contributed by atoms with van der Waals surface area (Å²) in [5.41, 5.74) is 0.302. The van der Waals surface area contributed by atoms with Crippen LogP contribution in [0.4, 0.5) is 0 Å². The number of hydrogen-bond donors (Lipinski definition) is 0. The third kappa shape index (κ3) is 10.8. The van der Waals surface area contributed by atoms with Gasteiger partial charge >= 0.3 is 26.2 Å². The van der Waals surface area contributed by atoms with Gasteiger partial charge in [-0.25, -0.2) is 19.1 Å². The molecule has 0 aliphatic heterocycles. The summed E-state index contributed by atoms with van der Waals surface area (Å²) in [6.45, 7) is 9.96. The van der Waals surface area contributed by atoms with Gasteiger partial charge in [-0.3, -0.25) is 7.05 Å². The molecule has 0 aromatic rings. The zero-order valence-electron chi connectivity index (χ0n) is 15.0. The SMILES string of the molecule is C1CCCC1.[CH2-]/C=C/C.[CH2-]N(C)C(C)(C)C1CCCC1.[Zr+4]. The molecular formula is C19H37NZr+2. The van der Waals surface area contributed by atoms with Gasteiger partial charge < -0.3 is 4.90 Å². The van der Waals surface area contributed by atoms with Crippen molar-refractivity contribution in [3.8, 4) is 0 Å². The Morgan fingerprint density at radius 1 is 0.952 bits per heavy atom. The van der Waals surface area contributed by atoms with E-state index in [4.69, 9.17) is 0 Å². The maximum atomic E-state index is 3.99. The van der Waals surface area contributed by atoms with E-state index in [-0.39, 0.29) is 26.2 Å². The molecule has 0 unspecified atom stereocenters. The Labute approximate surface area is 154 Å². The van der Waals surface area contributed by atoms with E-state index >= 15 is 0 Å². The number of allylic oxidation sites excluding steroid dienone is 2. The van der Waals surface area contributed by atoms with Crippen molar-refractivity contribution in [2.75, 3.05) is 7.05 Å². The third-order valence-electron chi connectivity index (χ3n) is 4.82. The van der Waals surface area contributed by atoms with Gasteiger partial charge in [-0.2, -0.15) is 0 Å². The van der Waals surface area contributed by atoms with E-state index in [2.05, 4.69) is 39.8 Å². The van der Waals surface area contributed by atoms with E-state index in [1.54, 1.807) is 6.08 Å². The summed E-state index contributed by atoms with van der Waals surface area (Å²) in [7, 11) is 6.07. The van der Waals surface area contributed by atoms with E-state index in [1.807, 2.05) is 13.0 Å². The molecule has 2 aliphatic carbocycles. The summed E-state index contributed by atoms with van der Waals surface area (Å²) < 4.78 is 0. The Kier molecular flexibility index (Phi) is 15.9. The first kappa shape index (κ1) is 23.7. The summed E-state index contributed by atoms with van der Waals surface area (Å²) in [5.74, 6) is 0.866. The quantitative estimate of drug-likeness (QED) is 0.537. The molecule has 2 heteroatoms. The fourth-order valence-electron chi connectivity index (χ4n) is 2.83. The Morgan fingerprint density at radius 3 is 1.52 bits per heavy atom. The van der Waals surface area contributed by atoms with Crippen molar-refractivity contribution >= 4 is 0 Å². The van der Waals surface area contributed by atoms with E-state index in [1.165, 1.54) is 57.8 Å². The zero-order chi connectivity index (χ0) is 15.4. The molecule has 0 aromatic carbocycles. The van der Waals surface area contributed by atoms with Crippen LogP contribution in [0.5, 0.6) is 0 Å². The topological polar surface area (TPSA) is 3.24 Å². The van der Waals surface area contributed by atoms with Crippen molar-refractivity contribution in [2.45, 2.75) is 84.1 Å². The largest absolute Gasteiger partial charge is 4.00 e. The van der Waals surface area contributed by atoms with E-state index in [0.717, 1.165) is 5.92 Å². The second kappa shape index (κ2) is 14.1. The molecule has 21 heavy (non-hydrogen) atoms. The minimum atomic E-state index is 0. The molecule has 2 saturated carbocycles. The van der Waals surface area contributed by atoms with Gasteiger partial charge in [0.1, 0.15) is 0 Å². The predicted octanol–water partition coefficient (Wildman–Crippen LogP) is 6.02. The van der Waals surface area contributed by atoms with Crippen LogP contribution in [-0.2, 0) is 26.2 Å². The maximum absolute atomic E-state index is 3.99. The first-order chi connectivity index (χ1) is 9.46.